The molecule has 1 aliphatic heterocycles. The van der Waals surface area contributed by atoms with Crippen LogP contribution in [0.25, 0.3) is 6.08 Å². The minimum absolute atomic E-state index is 0.201. The van der Waals surface area contributed by atoms with Gasteiger partial charge in [-0.2, -0.15) is 0 Å². The minimum atomic E-state index is -0.356. The number of carbonyl (C=O) groups is 2. The molecule has 0 radical (unpaired) electrons. The predicted molar refractivity (Wildman–Crippen MR) is 132 cm³/mol. The summed E-state index contributed by atoms with van der Waals surface area (Å²) in [5.41, 5.74) is 2.86. The van der Waals surface area contributed by atoms with Crippen molar-refractivity contribution in [3.8, 4) is 5.75 Å². The van der Waals surface area contributed by atoms with Crippen LogP contribution in [0.5, 0.6) is 5.75 Å². The third-order valence-electron chi connectivity index (χ3n) is 5.54. The molecule has 0 atom stereocenters. The van der Waals surface area contributed by atoms with Gasteiger partial charge in [0.1, 0.15) is 11.4 Å². The molecule has 2 aromatic carbocycles. The Hall–Kier alpha value is -3.58. The molecule has 4 rings (SSSR count). The summed E-state index contributed by atoms with van der Waals surface area (Å²) in [6.45, 7) is 2.57. The van der Waals surface area contributed by atoms with Crippen LogP contribution in [-0.2, 0) is 11.3 Å². The molecule has 2 N–H and O–H groups in total. The summed E-state index contributed by atoms with van der Waals surface area (Å²) in [5.74, 6) is -0.0335. The molecule has 1 saturated heterocycles. The summed E-state index contributed by atoms with van der Waals surface area (Å²) in [6.07, 6.45) is 4.16. The van der Waals surface area contributed by atoms with E-state index in [1.807, 2.05) is 29.6 Å². The first kappa shape index (κ1) is 22.6. The zero-order valence-electron chi connectivity index (χ0n) is 18.5. The van der Waals surface area contributed by atoms with Gasteiger partial charge in [-0.3, -0.25) is 9.59 Å². The number of carbonyl (C=O) groups excluding carboxylic acids is 2. The highest BCUT2D eigenvalue weighted by molar-refractivity contribution is 7.10. The Morgan fingerprint density at radius 3 is 2.39 bits per heavy atom. The van der Waals surface area contributed by atoms with E-state index in [1.54, 1.807) is 37.5 Å². The van der Waals surface area contributed by atoms with Crippen LogP contribution in [0.4, 0.5) is 5.69 Å². The van der Waals surface area contributed by atoms with Crippen molar-refractivity contribution in [2.45, 2.75) is 19.4 Å². The Labute approximate surface area is 197 Å². The molecule has 0 saturated carbocycles. The lowest BCUT2D eigenvalue weighted by atomic mass is 10.2. The van der Waals surface area contributed by atoms with Gasteiger partial charge >= 0.3 is 0 Å². The maximum absolute atomic E-state index is 13.0. The third-order valence-corrected chi connectivity index (χ3v) is 6.35. The molecule has 0 aliphatic carbocycles. The number of hydrogen-bond acceptors (Lipinski definition) is 5. The molecule has 0 bridgehead atoms. The Morgan fingerprint density at radius 1 is 1.03 bits per heavy atom. The molecule has 1 fully saturated rings. The van der Waals surface area contributed by atoms with Crippen LogP contribution >= 0.6 is 11.3 Å². The molecular weight excluding hydrogens is 434 g/mol. The van der Waals surface area contributed by atoms with Gasteiger partial charge in [0, 0.05) is 35.8 Å². The first-order chi connectivity index (χ1) is 16.1. The van der Waals surface area contributed by atoms with Gasteiger partial charge in [-0.15, -0.1) is 11.3 Å². The van der Waals surface area contributed by atoms with E-state index in [4.69, 9.17) is 4.74 Å². The normalized spacial score (nSPS) is 13.6. The number of ether oxygens (including phenoxy) is 1. The molecule has 2 amide bonds. The molecule has 6 nitrogen and oxygen atoms in total. The number of thiophene rings is 1. The van der Waals surface area contributed by atoms with Crippen molar-refractivity contribution in [1.82, 2.24) is 10.6 Å². The van der Waals surface area contributed by atoms with E-state index < -0.39 is 0 Å². The first-order valence-electron chi connectivity index (χ1n) is 10.9. The van der Waals surface area contributed by atoms with Gasteiger partial charge in [0.15, 0.2) is 0 Å². The Kier molecular flexibility index (Phi) is 7.42. The van der Waals surface area contributed by atoms with Gasteiger partial charge in [-0.1, -0.05) is 18.2 Å². The van der Waals surface area contributed by atoms with Crippen molar-refractivity contribution in [3.05, 3.63) is 87.7 Å². The zero-order chi connectivity index (χ0) is 23.0. The molecule has 1 aliphatic rings. The zero-order valence-corrected chi connectivity index (χ0v) is 19.4. The fraction of sp³-hybridized carbons (Fsp3) is 0.231. The van der Waals surface area contributed by atoms with E-state index in [9.17, 15) is 9.59 Å². The van der Waals surface area contributed by atoms with Crippen molar-refractivity contribution in [3.63, 3.8) is 0 Å². The van der Waals surface area contributed by atoms with Gasteiger partial charge in [-0.05, 0) is 72.3 Å². The molecule has 0 spiro atoms. The lowest BCUT2D eigenvalue weighted by Gasteiger charge is -2.18. The van der Waals surface area contributed by atoms with E-state index in [1.165, 1.54) is 29.9 Å². The summed E-state index contributed by atoms with van der Waals surface area (Å²) < 4.78 is 5.14. The number of amides is 2. The number of benzene rings is 2. The molecule has 1 aromatic heterocycles. The Balaban J connectivity index is 1.42. The Morgan fingerprint density at radius 2 is 1.76 bits per heavy atom. The number of nitrogens with one attached hydrogen (secondary N) is 2. The van der Waals surface area contributed by atoms with Gasteiger partial charge in [-0.25, -0.2) is 0 Å². The summed E-state index contributed by atoms with van der Waals surface area (Å²) in [5, 5.41) is 7.61. The van der Waals surface area contributed by atoms with Gasteiger partial charge in [0.05, 0.1) is 7.11 Å². The highest BCUT2D eigenvalue weighted by atomic mass is 32.1. The summed E-state index contributed by atoms with van der Waals surface area (Å²) >= 11 is 1.50. The second kappa shape index (κ2) is 10.8. The summed E-state index contributed by atoms with van der Waals surface area (Å²) in [6, 6.07) is 18.8. The first-order valence-corrected chi connectivity index (χ1v) is 11.8. The van der Waals surface area contributed by atoms with Crippen LogP contribution in [0.3, 0.4) is 0 Å². The van der Waals surface area contributed by atoms with Crippen molar-refractivity contribution in [2.75, 3.05) is 25.1 Å². The molecule has 0 unspecified atom stereocenters. The van der Waals surface area contributed by atoms with E-state index in [0.29, 0.717) is 17.9 Å². The minimum Gasteiger partial charge on any atom is -0.497 e. The number of hydrogen-bond donors (Lipinski definition) is 2. The van der Waals surface area contributed by atoms with Crippen LogP contribution in [-0.4, -0.2) is 32.0 Å². The fourth-order valence-electron chi connectivity index (χ4n) is 3.69. The van der Waals surface area contributed by atoms with E-state index in [2.05, 4.69) is 27.7 Å². The largest absolute Gasteiger partial charge is 0.497 e. The van der Waals surface area contributed by atoms with Crippen LogP contribution in [0.1, 0.15) is 33.6 Å². The van der Waals surface area contributed by atoms with Crippen molar-refractivity contribution in [1.29, 1.82) is 0 Å². The van der Waals surface area contributed by atoms with Crippen LogP contribution in [0.2, 0.25) is 0 Å². The van der Waals surface area contributed by atoms with Crippen LogP contribution in [0, 0.1) is 0 Å². The molecule has 33 heavy (non-hydrogen) atoms. The van der Waals surface area contributed by atoms with Crippen LogP contribution in [0.15, 0.2) is 71.7 Å². The molecular formula is C26H27N3O3S. The smallest absolute Gasteiger partial charge is 0.268 e. The van der Waals surface area contributed by atoms with Gasteiger partial charge < -0.3 is 20.3 Å². The second-order valence-electron chi connectivity index (χ2n) is 7.80. The summed E-state index contributed by atoms with van der Waals surface area (Å²) in [7, 11) is 1.57. The predicted octanol–water partition coefficient (Wildman–Crippen LogP) is 4.44. The highest BCUT2D eigenvalue weighted by Gasteiger charge is 2.16. The molecule has 170 valence electrons. The maximum Gasteiger partial charge on any atom is 0.268 e. The van der Waals surface area contributed by atoms with Crippen molar-refractivity contribution < 1.29 is 14.3 Å². The maximum atomic E-state index is 13.0. The van der Waals surface area contributed by atoms with Gasteiger partial charge in [0.25, 0.3) is 11.8 Å². The van der Waals surface area contributed by atoms with Crippen LogP contribution < -0.4 is 20.3 Å². The molecule has 2 heterocycles. The quantitative estimate of drug-likeness (QED) is 0.487. The third kappa shape index (κ3) is 6.02. The summed E-state index contributed by atoms with van der Waals surface area (Å²) in [4.78, 5) is 29.0. The number of methoxy groups -OCH3 is 1. The standard InChI is InChI=1S/C26H27N3O3S/c1-32-22-12-8-20(9-13-22)25(30)28-24(17-23-5-4-16-33-23)26(31)27-18-19-6-10-21(11-7-19)29-14-2-3-15-29/h4-13,16-17H,2-3,14-15,18H2,1H3,(H,27,31)(H,28,30)/b24-17-. The lowest BCUT2D eigenvalue weighted by Crippen LogP contribution is -2.34. The van der Waals surface area contributed by atoms with Crippen molar-refractivity contribution >= 4 is 34.9 Å². The number of nitrogens with zero attached hydrogens (tertiary/aromatic N) is 1. The average Bonchev–Trinajstić information content (AvgIpc) is 3.57. The monoisotopic (exact) mass is 461 g/mol. The fourth-order valence-corrected chi connectivity index (χ4v) is 4.35. The topological polar surface area (TPSA) is 70.7 Å². The highest BCUT2D eigenvalue weighted by Crippen LogP contribution is 2.20. The van der Waals surface area contributed by atoms with E-state index in [-0.39, 0.29) is 17.5 Å². The van der Waals surface area contributed by atoms with Gasteiger partial charge in [0.2, 0.25) is 0 Å². The van der Waals surface area contributed by atoms with E-state index in [0.717, 1.165) is 23.5 Å². The molecule has 3 aromatic rings. The average molecular weight is 462 g/mol. The van der Waals surface area contributed by atoms with E-state index >= 15 is 0 Å². The lowest BCUT2D eigenvalue weighted by molar-refractivity contribution is -0.117. The Bertz CT molecular complexity index is 1100. The number of rotatable bonds is 8. The van der Waals surface area contributed by atoms with Crippen molar-refractivity contribution in [2.24, 2.45) is 0 Å². The second-order valence-corrected chi connectivity index (χ2v) is 8.78. The SMILES string of the molecule is COc1ccc(C(=O)N/C(=C\c2cccs2)C(=O)NCc2ccc(N3CCCC3)cc2)cc1. The molecule has 7 heteroatoms. The number of anilines is 1.